The van der Waals surface area contributed by atoms with Gasteiger partial charge in [0, 0.05) is 24.4 Å². The molecular weight excluding hydrogens is 214 g/mol. The molecule has 4 heteroatoms. The van der Waals surface area contributed by atoms with Gasteiger partial charge in [0.25, 0.3) is 0 Å². The Labute approximate surface area is 101 Å². The predicted molar refractivity (Wildman–Crippen MR) is 69.2 cm³/mol. The molecule has 0 spiro atoms. The Kier molecular flexibility index (Phi) is 3.24. The molecule has 0 bridgehead atoms. The van der Waals surface area contributed by atoms with E-state index in [1.165, 1.54) is 0 Å². The maximum Gasteiger partial charge on any atom is 0.159 e. The third-order valence-electron chi connectivity index (χ3n) is 2.75. The van der Waals surface area contributed by atoms with Crippen molar-refractivity contribution in [3.05, 3.63) is 30.0 Å². The Bertz CT molecular complexity index is 525. The number of hydrogen-bond acceptors (Lipinski definition) is 4. The number of aromatic nitrogens is 2. The molecular formula is C13H17N3O. The molecule has 0 fully saturated rings. The molecule has 1 N–H and O–H groups in total. The first-order valence-corrected chi connectivity index (χ1v) is 5.71. The zero-order valence-corrected chi connectivity index (χ0v) is 10.4. The average molecular weight is 231 g/mol. The summed E-state index contributed by atoms with van der Waals surface area (Å²) in [4.78, 5) is 1.93. The van der Waals surface area contributed by atoms with Crippen molar-refractivity contribution in [2.24, 2.45) is 0 Å². The van der Waals surface area contributed by atoms with Crippen molar-refractivity contribution < 1.29 is 5.11 Å². The van der Waals surface area contributed by atoms with Gasteiger partial charge in [0.2, 0.25) is 0 Å². The van der Waals surface area contributed by atoms with E-state index in [9.17, 15) is 5.11 Å². The lowest BCUT2D eigenvalue weighted by atomic mass is 10.1. The molecule has 0 radical (unpaired) electrons. The molecule has 0 aliphatic rings. The minimum absolute atomic E-state index is 0.387. The number of anilines is 1. The van der Waals surface area contributed by atoms with Gasteiger partial charge >= 0.3 is 0 Å². The lowest BCUT2D eigenvalue weighted by Crippen LogP contribution is -2.28. The number of hydrogen-bond donors (Lipinski definition) is 1. The summed E-state index contributed by atoms with van der Waals surface area (Å²) in [5.74, 6) is 0.812. The van der Waals surface area contributed by atoms with E-state index in [0.29, 0.717) is 6.54 Å². The largest absolute Gasteiger partial charge is 0.392 e. The van der Waals surface area contributed by atoms with E-state index in [4.69, 9.17) is 0 Å². The van der Waals surface area contributed by atoms with E-state index >= 15 is 0 Å². The van der Waals surface area contributed by atoms with Gasteiger partial charge in [-0.15, -0.1) is 5.10 Å². The van der Waals surface area contributed by atoms with E-state index in [0.717, 1.165) is 22.3 Å². The standard InChI is InChI=1S/C13H17N3O/c1-9(17)8-16(3)13-12-7-5-4-6-11(12)10(2)14-15-13/h4-7,9,17H,8H2,1-3H3. The SMILES string of the molecule is Cc1nnc(N(C)CC(C)O)c2ccccc12. The zero-order chi connectivity index (χ0) is 12.4. The molecule has 2 aromatic rings. The lowest BCUT2D eigenvalue weighted by Gasteiger charge is -2.21. The molecule has 2 rings (SSSR count). The van der Waals surface area contributed by atoms with Crippen LogP contribution in [-0.2, 0) is 0 Å². The highest BCUT2D eigenvalue weighted by atomic mass is 16.3. The van der Waals surface area contributed by atoms with Gasteiger partial charge < -0.3 is 10.0 Å². The first-order valence-electron chi connectivity index (χ1n) is 5.71. The van der Waals surface area contributed by atoms with Gasteiger partial charge in [0.1, 0.15) is 0 Å². The predicted octanol–water partition coefficient (Wildman–Crippen LogP) is 1.76. The topological polar surface area (TPSA) is 49.2 Å². The van der Waals surface area contributed by atoms with Gasteiger partial charge in [-0.05, 0) is 13.8 Å². The second kappa shape index (κ2) is 4.67. The highest BCUT2D eigenvalue weighted by molar-refractivity contribution is 5.93. The Morgan fingerprint density at radius 3 is 2.53 bits per heavy atom. The third-order valence-corrected chi connectivity index (χ3v) is 2.75. The fraction of sp³-hybridized carbons (Fsp3) is 0.385. The molecule has 1 aromatic heterocycles. The maximum absolute atomic E-state index is 9.42. The van der Waals surface area contributed by atoms with Gasteiger partial charge in [0.15, 0.2) is 5.82 Å². The summed E-state index contributed by atoms with van der Waals surface area (Å²) in [6, 6.07) is 8.06. The molecule has 0 amide bonds. The highest BCUT2D eigenvalue weighted by Gasteiger charge is 2.11. The van der Waals surface area contributed by atoms with Crippen molar-refractivity contribution in [3.8, 4) is 0 Å². The van der Waals surface area contributed by atoms with E-state index < -0.39 is 0 Å². The van der Waals surface area contributed by atoms with Crippen LogP contribution in [0.25, 0.3) is 10.8 Å². The summed E-state index contributed by atoms with van der Waals surface area (Å²) < 4.78 is 0. The van der Waals surface area contributed by atoms with Crippen LogP contribution in [-0.4, -0.2) is 35.0 Å². The molecule has 0 saturated carbocycles. The zero-order valence-electron chi connectivity index (χ0n) is 10.4. The van der Waals surface area contributed by atoms with Gasteiger partial charge in [-0.1, -0.05) is 24.3 Å². The highest BCUT2D eigenvalue weighted by Crippen LogP contribution is 2.24. The van der Waals surface area contributed by atoms with Crippen LogP contribution in [0.4, 0.5) is 5.82 Å². The molecule has 1 atom stereocenters. The number of aryl methyl sites for hydroxylation is 1. The molecule has 1 aromatic carbocycles. The molecule has 0 saturated heterocycles. The van der Waals surface area contributed by atoms with Gasteiger partial charge in [-0.25, -0.2) is 0 Å². The summed E-state index contributed by atoms with van der Waals surface area (Å²) in [7, 11) is 1.92. The van der Waals surface area contributed by atoms with Crippen LogP contribution >= 0.6 is 0 Å². The molecule has 1 heterocycles. The second-order valence-electron chi connectivity index (χ2n) is 4.38. The van der Waals surface area contributed by atoms with Crippen LogP contribution in [0.3, 0.4) is 0 Å². The van der Waals surface area contributed by atoms with Crippen molar-refractivity contribution in [1.82, 2.24) is 10.2 Å². The Balaban J connectivity index is 2.51. The van der Waals surface area contributed by atoms with Gasteiger partial charge in [-0.2, -0.15) is 5.10 Å². The summed E-state index contributed by atoms with van der Waals surface area (Å²) in [6.45, 7) is 4.26. The fourth-order valence-corrected chi connectivity index (χ4v) is 1.99. The summed E-state index contributed by atoms with van der Waals surface area (Å²) in [6.07, 6.45) is -0.387. The number of fused-ring (bicyclic) bond motifs is 1. The molecule has 0 aliphatic carbocycles. The van der Waals surface area contributed by atoms with E-state index in [-0.39, 0.29) is 6.10 Å². The van der Waals surface area contributed by atoms with Crippen molar-refractivity contribution >= 4 is 16.6 Å². The Hall–Kier alpha value is -1.68. The molecule has 17 heavy (non-hydrogen) atoms. The van der Waals surface area contributed by atoms with Crippen molar-refractivity contribution in [3.63, 3.8) is 0 Å². The third kappa shape index (κ3) is 2.36. The quantitative estimate of drug-likeness (QED) is 0.874. The normalized spacial score (nSPS) is 12.7. The molecule has 4 nitrogen and oxygen atoms in total. The monoisotopic (exact) mass is 231 g/mol. The van der Waals surface area contributed by atoms with Crippen LogP contribution in [0.2, 0.25) is 0 Å². The van der Waals surface area contributed by atoms with Gasteiger partial charge in [0.05, 0.1) is 11.8 Å². The number of benzene rings is 1. The number of likely N-dealkylation sites (N-methyl/N-ethyl adjacent to an activating group) is 1. The number of aliphatic hydroxyl groups excluding tert-OH is 1. The Morgan fingerprint density at radius 1 is 1.24 bits per heavy atom. The summed E-state index contributed by atoms with van der Waals surface area (Å²) >= 11 is 0. The first kappa shape index (κ1) is 11.8. The van der Waals surface area contributed by atoms with E-state index in [1.807, 2.05) is 43.1 Å². The number of rotatable bonds is 3. The summed E-state index contributed by atoms with van der Waals surface area (Å²) in [5.41, 5.74) is 0.926. The first-order chi connectivity index (χ1) is 8.09. The van der Waals surface area contributed by atoms with Crippen LogP contribution in [0.15, 0.2) is 24.3 Å². The average Bonchev–Trinajstić information content (AvgIpc) is 2.29. The molecule has 90 valence electrons. The van der Waals surface area contributed by atoms with Crippen LogP contribution in [0.1, 0.15) is 12.6 Å². The van der Waals surface area contributed by atoms with Crippen LogP contribution in [0.5, 0.6) is 0 Å². The minimum atomic E-state index is -0.387. The number of aliphatic hydroxyl groups is 1. The minimum Gasteiger partial charge on any atom is -0.392 e. The van der Waals surface area contributed by atoms with Crippen molar-refractivity contribution in [1.29, 1.82) is 0 Å². The molecule has 0 aliphatic heterocycles. The van der Waals surface area contributed by atoms with Crippen LogP contribution in [0, 0.1) is 6.92 Å². The van der Waals surface area contributed by atoms with Gasteiger partial charge in [-0.3, -0.25) is 0 Å². The smallest absolute Gasteiger partial charge is 0.159 e. The second-order valence-corrected chi connectivity index (χ2v) is 4.38. The Morgan fingerprint density at radius 2 is 1.88 bits per heavy atom. The maximum atomic E-state index is 9.42. The lowest BCUT2D eigenvalue weighted by molar-refractivity contribution is 0.201. The van der Waals surface area contributed by atoms with Crippen molar-refractivity contribution in [2.45, 2.75) is 20.0 Å². The molecule has 1 unspecified atom stereocenters. The van der Waals surface area contributed by atoms with Crippen molar-refractivity contribution in [2.75, 3.05) is 18.5 Å². The fourth-order valence-electron chi connectivity index (χ4n) is 1.99. The van der Waals surface area contributed by atoms with E-state index in [2.05, 4.69) is 10.2 Å². The summed E-state index contributed by atoms with van der Waals surface area (Å²) in [5, 5.41) is 20.0. The van der Waals surface area contributed by atoms with E-state index in [1.54, 1.807) is 6.92 Å². The number of nitrogens with zero attached hydrogens (tertiary/aromatic N) is 3. The van der Waals surface area contributed by atoms with Crippen LogP contribution < -0.4 is 4.90 Å².